The van der Waals surface area contributed by atoms with Gasteiger partial charge in [-0.3, -0.25) is 9.59 Å². The van der Waals surface area contributed by atoms with Gasteiger partial charge < -0.3 is 9.97 Å². The highest BCUT2D eigenvalue weighted by Crippen LogP contribution is 2.18. The van der Waals surface area contributed by atoms with E-state index in [-0.39, 0.29) is 10.4 Å². The predicted octanol–water partition coefficient (Wildman–Crippen LogP) is 1.26. The number of aromatic amines is 2. The van der Waals surface area contributed by atoms with Gasteiger partial charge in [0, 0.05) is 6.04 Å². The zero-order valence-electron chi connectivity index (χ0n) is 12.7. The van der Waals surface area contributed by atoms with Crippen LogP contribution in [0.5, 0.6) is 0 Å². The van der Waals surface area contributed by atoms with Crippen molar-refractivity contribution in [2.24, 2.45) is 0 Å². The Bertz CT molecular complexity index is 1100. The molecule has 3 rings (SSSR count). The predicted molar refractivity (Wildman–Crippen MR) is 90.4 cm³/mol. The Morgan fingerprint density at radius 1 is 0.917 bits per heavy atom. The molecular weight excluding hydrogens is 330 g/mol. The zero-order chi connectivity index (χ0) is 17.3. The Morgan fingerprint density at radius 3 is 2.21 bits per heavy atom. The summed E-state index contributed by atoms with van der Waals surface area (Å²) in [5, 5.41) is 0. The van der Waals surface area contributed by atoms with Crippen molar-refractivity contribution in [3.05, 3.63) is 74.8 Å². The van der Waals surface area contributed by atoms with E-state index in [0.29, 0.717) is 5.52 Å². The smallest absolute Gasteiger partial charge is 0.314 e. The van der Waals surface area contributed by atoms with E-state index < -0.39 is 27.2 Å². The molecule has 0 radical (unpaired) electrons. The molecule has 124 valence electrons. The lowest BCUT2D eigenvalue weighted by Gasteiger charge is -2.14. The van der Waals surface area contributed by atoms with E-state index in [4.69, 9.17) is 0 Å². The van der Waals surface area contributed by atoms with Crippen LogP contribution in [0, 0.1) is 0 Å². The fourth-order valence-electron chi connectivity index (χ4n) is 2.37. The van der Waals surface area contributed by atoms with Gasteiger partial charge in [-0.25, -0.2) is 13.1 Å². The van der Waals surface area contributed by atoms with E-state index in [0.717, 1.165) is 5.56 Å². The van der Waals surface area contributed by atoms with E-state index in [1.807, 2.05) is 30.3 Å². The average Bonchev–Trinajstić information content (AvgIpc) is 2.56. The summed E-state index contributed by atoms with van der Waals surface area (Å²) in [5.74, 6) is 0. The van der Waals surface area contributed by atoms with Gasteiger partial charge in [-0.15, -0.1) is 0 Å². The van der Waals surface area contributed by atoms with Crippen molar-refractivity contribution in [3.63, 3.8) is 0 Å². The fraction of sp³-hybridized carbons (Fsp3) is 0.125. The monoisotopic (exact) mass is 345 g/mol. The molecule has 0 unspecified atom stereocenters. The maximum atomic E-state index is 12.5. The average molecular weight is 345 g/mol. The molecule has 1 aromatic heterocycles. The minimum absolute atomic E-state index is 0.000445. The van der Waals surface area contributed by atoms with Crippen LogP contribution in [-0.4, -0.2) is 18.4 Å². The topological polar surface area (TPSA) is 112 Å². The summed E-state index contributed by atoms with van der Waals surface area (Å²) in [7, 11) is -3.79. The standard InChI is InChI=1S/C16H15N3O4S/c1-10(11-5-3-2-4-6-11)19-24(22,23)12-7-8-13-14(9-12)18-16(21)15(20)17-13/h2-10,19H,1H3,(H,17,20)(H,18,21)/t10-/m0/s1. The van der Waals surface area contributed by atoms with Crippen molar-refractivity contribution in [1.82, 2.24) is 14.7 Å². The van der Waals surface area contributed by atoms with Crippen LogP contribution in [0.2, 0.25) is 0 Å². The molecule has 0 aliphatic rings. The minimum Gasteiger partial charge on any atom is -0.316 e. The lowest BCUT2D eigenvalue weighted by Crippen LogP contribution is -2.29. The van der Waals surface area contributed by atoms with Crippen molar-refractivity contribution >= 4 is 21.1 Å². The van der Waals surface area contributed by atoms with Gasteiger partial charge in [-0.2, -0.15) is 0 Å². The van der Waals surface area contributed by atoms with Crippen LogP contribution in [0.1, 0.15) is 18.5 Å². The van der Waals surface area contributed by atoms with Crippen molar-refractivity contribution in [2.75, 3.05) is 0 Å². The highest BCUT2D eigenvalue weighted by Gasteiger charge is 2.19. The van der Waals surface area contributed by atoms with Gasteiger partial charge in [0.2, 0.25) is 10.0 Å². The molecule has 8 heteroatoms. The van der Waals surface area contributed by atoms with Gasteiger partial charge in [-0.05, 0) is 30.7 Å². The number of hydrogen-bond donors (Lipinski definition) is 3. The Hall–Kier alpha value is -2.71. The molecule has 1 atom stereocenters. The third kappa shape index (κ3) is 3.15. The number of hydrogen-bond acceptors (Lipinski definition) is 4. The van der Waals surface area contributed by atoms with Gasteiger partial charge >= 0.3 is 11.1 Å². The lowest BCUT2D eigenvalue weighted by atomic mass is 10.1. The van der Waals surface area contributed by atoms with Crippen LogP contribution in [0.25, 0.3) is 11.0 Å². The molecule has 1 heterocycles. The molecule has 0 saturated heterocycles. The second-order valence-electron chi connectivity index (χ2n) is 5.37. The Morgan fingerprint density at radius 2 is 1.54 bits per heavy atom. The molecule has 0 aliphatic carbocycles. The van der Waals surface area contributed by atoms with Crippen LogP contribution < -0.4 is 15.8 Å². The third-order valence-corrected chi connectivity index (χ3v) is 5.17. The summed E-state index contributed by atoms with van der Waals surface area (Å²) >= 11 is 0. The fourth-order valence-corrected chi connectivity index (χ4v) is 3.63. The highest BCUT2D eigenvalue weighted by molar-refractivity contribution is 7.89. The maximum Gasteiger partial charge on any atom is 0.314 e. The second kappa shape index (κ2) is 6.06. The van der Waals surface area contributed by atoms with E-state index in [1.165, 1.54) is 18.2 Å². The summed E-state index contributed by atoms with van der Waals surface area (Å²) in [6.45, 7) is 1.74. The van der Waals surface area contributed by atoms with E-state index in [1.54, 1.807) is 6.92 Å². The Balaban J connectivity index is 1.97. The first kappa shape index (κ1) is 16.2. The molecule has 2 aromatic carbocycles. The number of rotatable bonds is 4. The summed E-state index contributed by atoms with van der Waals surface area (Å²) in [6.07, 6.45) is 0. The van der Waals surface area contributed by atoms with Gasteiger partial charge in [-0.1, -0.05) is 30.3 Å². The van der Waals surface area contributed by atoms with Crippen LogP contribution in [-0.2, 0) is 10.0 Å². The number of sulfonamides is 1. The van der Waals surface area contributed by atoms with E-state index >= 15 is 0 Å². The van der Waals surface area contributed by atoms with Gasteiger partial charge in [0.1, 0.15) is 0 Å². The number of nitrogens with one attached hydrogen (secondary N) is 3. The Labute approximate surface area is 137 Å². The normalized spacial score (nSPS) is 13.0. The molecule has 7 nitrogen and oxygen atoms in total. The number of benzene rings is 2. The maximum absolute atomic E-state index is 12.5. The SMILES string of the molecule is C[C@H](NS(=O)(=O)c1ccc2[nH]c(=O)c(=O)[nH]c2c1)c1ccccc1. The minimum atomic E-state index is -3.79. The summed E-state index contributed by atoms with van der Waals surface area (Å²) in [4.78, 5) is 27.4. The Kier molecular flexibility index (Phi) is 4.08. The number of H-pyrrole nitrogens is 2. The third-order valence-electron chi connectivity index (χ3n) is 3.64. The van der Waals surface area contributed by atoms with Gasteiger partial charge in [0.05, 0.1) is 15.9 Å². The molecule has 24 heavy (non-hydrogen) atoms. The van der Waals surface area contributed by atoms with Crippen LogP contribution >= 0.6 is 0 Å². The molecule has 0 spiro atoms. The molecule has 0 fully saturated rings. The second-order valence-corrected chi connectivity index (χ2v) is 7.08. The van der Waals surface area contributed by atoms with Gasteiger partial charge in [0.15, 0.2) is 0 Å². The van der Waals surface area contributed by atoms with Crippen molar-refractivity contribution < 1.29 is 8.42 Å². The summed E-state index contributed by atoms with van der Waals surface area (Å²) in [6, 6.07) is 12.9. The molecule has 0 aliphatic heterocycles. The molecule has 3 N–H and O–H groups in total. The van der Waals surface area contributed by atoms with E-state index in [2.05, 4.69) is 14.7 Å². The van der Waals surface area contributed by atoms with Crippen LogP contribution in [0.15, 0.2) is 63.0 Å². The lowest BCUT2D eigenvalue weighted by molar-refractivity contribution is 0.567. The first-order valence-corrected chi connectivity index (χ1v) is 8.69. The van der Waals surface area contributed by atoms with Crippen molar-refractivity contribution in [2.45, 2.75) is 17.9 Å². The summed E-state index contributed by atoms with van der Waals surface area (Å²) < 4.78 is 27.7. The van der Waals surface area contributed by atoms with E-state index in [9.17, 15) is 18.0 Å². The first-order chi connectivity index (χ1) is 11.4. The first-order valence-electron chi connectivity index (χ1n) is 7.20. The number of aromatic nitrogens is 2. The van der Waals surface area contributed by atoms with Gasteiger partial charge in [0.25, 0.3) is 0 Å². The van der Waals surface area contributed by atoms with Crippen LogP contribution in [0.4, 0.5) is 0 Å². The number of fused-ring (bicyclic) bond motifs is 1. The summed E-state index contributed by atoms with van der Waals surface area (Å²) in [5.41, 5.74) is -0.180. The van der Waals surface area contributed by atoms with Crippen molar-refractivity contribution in [1.29, 1.82) is 0 Å². The largest absolute Gasteiger partial charge is 0.316 e. The molecule has 0 saturated carbocycles. The molecule has 0 amide bonds. The molecular formula is C16H15N3O4S. The molecule has 3 aromatic rings. The highest BCUT2D eigenvalue weighted by atomic mass is 32.2. The quantitative estimate of drug-likeness (QED) is 0.618. The van der Waals surface area contributed by atoms with Crippen LogP contribution in [0.3, 0.4) is 0 Å². The zero-order valence-corrected chi connectivity index (χ0v) is 13.6. The molecule has 0 bridgehead atoms. The van der Waals surface area contributed by atoms with Crippen molar-refractivity contribution in [3.8, 4) is 0 Å².